The number of hydrogen-bond donors (Lipinski definition) is 2. The molecule has 0 spiro atoms. The zero-order chi connectivity index (χ0) is 29.8. The molecule has 1 aliphatic rings. The molecule has 0 aliphatic carbocycles. The van der Waals surface area contributed by atoms with Crippen LogP contribution in [0.1, 0.15) is 24.0 Å². The zero-order valence-corrected chi connectivity index (χ0v) is 24.5. The number of ether oxygens (including phenoxy) is 2. The molecular weight excluding hydrogens is 662 g/mol. The number of halogens is 6. The number of esters is 1. The fourth-order valence-electron chi connectivity index (χ4n) is 3.90. The molecule has 0 unspecified atom stereocenters. The van der Waals surface area contributed by atoms with Gasteiger partial charge in [-0.15, -0.1) is 0 Å². The molecule has 2 aromatic rings. The molecule has 0 saturated heterocycles. The summed E-state index contributed by atoms with van der Waals surface area (Å²) in [6.07, 6.45) is -4.73. The first kappa shape index (κ1) is 31.6. The van der Waals surface area contributed by atoms with E-state index in [1.54, 1.807) is 6.92 Å². The first-order chi connectivity index (χ1) is 18.8. The lowest BCUT2D eigenvalue weighted by molar-refractivity contribution is -0.150. The lowest BCUT2D eigenvalue weighted by Gasteiger charge is -2.31. The van der Waals surface area contributed by atoms with E-state index in [1.807, 2.05) is 6.07 Å². The second-order valence-electron chi connectivity index (χ2n) is 8.09. The van der Waals surface area contributed by atoms with Crippen molar-refractivity contribution in [1.29, 1.82) is 5.26 Å². The monoisotopic (exact) mass is 679 g/mol. The molecule has 2 aromatic carbocycles. The van der Waals surface area contributed by atoms with Gasteiger partial charge in [-0.1, -0.05) is 50.9 Å². The Kier molecular flexibility index (Phi) is 10.4. The van der Waals surface area contributed by atoms with Gasteiger partial charge < -0.3 is 20.1 Å². The molecule has 0 radical (unpaired) electrons. The van der Waals surface area contributed by atoms with Crippen molar-refractivity contribution < 1.29 is 37.0 Å². The van der Waals surface area contributed by atoms with Crippen LogP contribution in [-0.4, -0.2) is 37.3 Å². The predicted molar refractivity (Wildman–Crippen MR) is 147 cm³/mol. The van der Waals surface area contributed by atoms with Crippen molar-refractivity contribution in [2.24, 2.45) is 5.92 Å². The highest BCUT2D eigenvalue weighted by atomic mass is 79.9. The van der Waals surface area contributed by atoms with Crippen LogP contribution in [0.25, 0.3) is 0 Å². The van der Waals surface area contributed by atoms with Crippen molar-refractivity contribution >= 4 is 74.4 Å². The number of anilines is 1. The maximum absolute atomic E-state index is 13.4. The topological polar surface area (TPSA) is 118 Å². The zero-order valence-electron chi connectivity index (χ0n) is 20.6. The van der Waals surface area contributed by atoms with Crippen molar-refractivity contribution in [2.75, 3.05) is 24.8 Å². The number of benzene rings is 2. The molecule has 2 N–H and O–H groups in total. The number of carbonyl (C=O) groups excluding carboxylic acids is 3. The van der Waals surface area contributed by atoms with Gasteiger partial charge in [0.15, 0.2) is 5.75 Å². The van der Waals surface area contributed by atoms with E-state index in [2.05, 4.69) is 26.6 Å². The lowest BCUT2D eigenvalue weighted by atomic mass is 9.78. The summed E-state index contributed by atoms with van der Waals surface area (Å²) in [5.74, 6) is -5.61. The molecule has 0 aromatic heterocycles. The largest absolute Gasteiger partial charge is 0.491 e. The summed E-state index contributed by atoms with van der Waals surface area (Å²) in [6.45, 7) is 1.97. The molecule has 0 bridgehead atoms. The molecule has 2 amide bonds. The number of carbonyl (C=O) groups is 3. The highest BCUT2D eigenvalue weighted by molar-refractivity contribution is 9.10. The highest BCUT2D eigenvalue weighted by Crippen LogP contribution is 2.44. The van der Waals surface area contributed by atoms with Crippen LogP contribution in [0.2, 0.25) is 10.0 Å². The summed E-state index contributed by atoms with van der Waals surface area (Å²) in [4.78, 5) is 38.2. The van der Waals surface area contributed by atoms with Crippen LogP contribution in [0.5, 0.6) is 5.75 Å². The first-order valence-corrected chi connectivity index (χ1v) is 13.8. The number of amides is 2. The number of nitrogens with one attached hydrogen (secondary N) is 2. The Hall–Kier alpha value is -2.92. The van der Waals surface area contributed by atoms with E-state index < -0.39 is 52.8 Å². The van der Waals surface area contributed by atoms with E-state index in [0.29, 0.717) is 11.8 Å². The molecule has 212 valence electrons. The molecule has 1 heterocycles. The molecule has 1 aliphatic heterocycles. The minimum absolute atomic E-state index is 0.0687. The van der Waals surface area contributed by atoms with Gasteiger partial charge in [0.25, 0.3) is 0 Å². The number of rotatable bonds is 8. The van der Waals surface area contributed by atoms with Crippen molar-refractivity contribution in [3.63, 3.8) is 0 Å². The summed E-state index contributed by atoms with van der Waals surface area (Å²) in [5, 5.41) is 14.7. The molecule has 0 fully saturated rings. The van der Waals surface area contributed by atoms with Crippen molar-refractivity contribution in [3.05, 3.63) is 66.6 Å². The summed E-state index contributed by atoms with van der Waals surface area (Å²) in [6, 6.07) is 8.00. The Morgan fingerprint density at radius 2 is 1.88 bits per heavy atom. The lowest BCUT2D eigenvalue weighted by Crippen LogP contribution is -2.44. The summed E-state index contributed by atoms with van der Waals surface area (Å²) in [7, 11) is 1.08. The van der Waals surface area contributed by atoms with E-state index >= 15 is 0 Å². The third kappa shape index (κ3) is 7.04. The molecule has 8 nitrogen and oxygen atoms in total. The second kappa shape index (κ2) is 13.2. The summed E-state index contributed by atoms with van der Waals surface area (Å²) >= 11 is 16.3. The average Bonchev–Trinajstić information content (AvgIpc) is 2.88. The second-order valence-corrected chi connectivity index (χ2v) is 10.8. The van der Waals surface area contributed by atoms with Crippen LogP contribution < -0.4 is 15.4 Å². The van der Waals surface area contributed by atoms with Crippen LogP contribution >= 0.6 is 50.9 Å². The van der Waals surface area contributed by atoms with Crippen molar-refractivity contribution in [2.45, 2.75) is 19.0 Å². The highest BCUT2D eigenvalue weighted by Gasteiger charge is 2.45. The summed E-state index contributed by atoms with van der Waals surface area (Å²) < 4.78 is 50.6. The Morgan fingerprint density at radius 1 is 1.23 bits per heavy atom. The van der Waals surface area contributed by atoms with E-state index in [4.69, 9.17) is 32.7 Å². The molecule has 15 heteroatoms. The van der Waals surface area contributed by atoms with Gasteiger partial charge in [-0.2, -0.15) is 18.4 Å². The van der Waals surface area contributed by atoms with Crippen LogP contribution in [0.15, 0.2) is 45.4 Å². The number of methoxy groups -OCH3 is 1. The van der Waals surface area contributed by atoms with Crippen molar-refractivity contribution in [1.82, 2.24) is 5.32 Å². The Bertz CT molecular complexity index is 1410. The van der Waals surface area contributed by atoms with Crippen LogP contribution in [0, 0.1) is 17.2 Å². The molecule has 3 rings (SSSR count). The minimum atomic E-state index is -4.73. The number of nitriles is 1. The van der Waals surface area contributed by atoms with E-state index in [-0.39, 0.29) is 43.0 Å². The number of hydrogen-bond acceptors (Lipinski definition) is 7. The predicted octanol–water partition coefficient (Wildman–Crippen LogP) is 6.28. The molecule has 0 saturated carbocycles. The average molecular weight is 681 g/mol. The van der Waals surface area contributed by atoms with Crippen LogP contribution in [0.3, 0.4) is 0 Å². The van der Waals surface area contributed by atoms with Gasteiger partial charge in [0, 0.05) is 10.4 Å². The minimum Gasteiger partial charge on any atom is -0.491 e. The van der Waals surface area contributed by atoms with Crippen molar-refractivity contribution in [3.8, 4) is 11.8 Å². The molecule has 40 heavy (non-hydrogen) atoms. The standard InChI is InChI=1S/C25H19BrCl2F3N3O5S/c1-3-39-21-15(27)6-11(7-16(21)28)19-13(9-32)23(34-22(36)20(19)24(37)38-2)40-10-18(35)33-17-5-4-12(26)8-14(17)25(29,30)31/h4-8,19-20H,3,10H2,1-2H3,(H,33,35)(H,34,36)/t19-,20-/m0/s1. The Balaban J connectivity index is 1.97. The Labute approximate surface area is 249 Å². The smallest absolute Gasteiger partial charge is 0.418 e. The van der Waals surface area contributed by atoms with Gasteiger partial charge in [-0.3, -0.25) is 14.4 Å². The number of alkyl halides is 3. The normalized spacial score (nSPS) is 17.1. The Morgan fingerprint density at radius 3 is 2.42 bits per heavy atom. The van der Waals surface area contributed by atoms with E-state index in [9.17, 15) is 32.8 Å². The quantitative estimate of drug-likeness (QED) is 0.249. The van der Waals surface area contributed by atoms with E-state index in [1.165, 1.54) is 18.2 Å². The number of thioether (sulfide) groups is 1. The maximum Gasteiger partial charge on any atom is 0.418 e. The third-order valence-electron chi connectivity index (χ3n) is 5.56. The number of allylic oxidation sites excluding steroid dienone is 1. The molecule has 2 atom stereocenters. The fourth-order valence-corrected chi connectivity index (χ4v) is 5.73. The van der Waals surface area contributed by atoms with Crippen LogP contribution in [0.4, 0.5) is 18.9 Å². The SMILES string of the molecule is CCOc1c(Cl)cc([C@H]2C(C#N)=C(SCC(=O)Nc3ccc(Br)cc3C(F)(F)F)NC(=O)[C@H]2C(=O)OC)cc1Cl. The summed E-state index contributed by atoms with van der Waals surface area (Å²) in [5.41, 5.74) is -1.41. The molecular formula is C25H19BrCl2F3N3O5S. The van der Waals surface area contributed by atoms with Gasteiger partial charge in [-0.05, 0) is 42.8 Å². The van der Waals surface area contributed by atoms with Crippen LogP contribution in [-0.2, 0) is 25.3 Å². The van der Waals surface area contributed by atoms with Gasteiger partial charge in [0.1, 0.15) is 5.92 Å². The van der Waals surface area contributed by atoms with Gasteiger partial charge in [0.05, 0.1) is 57.4 Å². The van der Waals surface area contributed by atoms with Gasteiger partial charge >= 0.3 is 12.1 Å². The van der Waals surface area contributed by atoms with E-state index in [0.717, 1.165) is 19.2 Å². The van der Waals surface area contributed by atoms with Gasteiger partial charge in [-0.25, -0.2) is 0 Å². The fraction of sp³-hybridized carbons (Fsp3) is 0.280. The third-order valence-corrected chi connectivity index (χ3v) is 7.63. The first-order valence-electron chi connectivity index (χ1n) is 11.3. The number of nitrogens with zero attached hydrogens (tertiary/aromatic N) is 1. The maximum atomic E-state index is 13.4. The van der Waals surface area contributed by atoms with Gasteiger partial charge in [0.2, 0.25) is 11.8 Å².